The third-order valence-corrected chi connectivity index (χ3v) is 3.02. The lowest BCUT2D eigenvalue weighted by molar-refractivity contribution is 0.0586. The molecule has 74 valence electrons. The average Bonchev–Trinajstić information content (AvgIpc) is 2.18. The van der Waals surface area contributed by atoms with Gasteiger partial charge in [-0.25, -0.2) is 0 Å². The van der Waals surface area contributed by atoms with Gasteiger partial charge in [-0.1, -0.05) is 25.2 Å². The molecule has 0 aromatic carbocycles. The van der Waals surface area contributed by atoms with Crippen molar-refractivity contribution < 1.29 is 5.11 Å². The molecule has 0 amide bonds. The maximum absolute atomic E-state index is 9.97. The third kappa shape index (κ3) is 3.04. The van der Waals surface area contributed by atoms with Gasteiger partial charge in [0.15, 0.2) is 0 Å². The molecular formula is C12H20O. The SMILES string of the molecule is CC#C[C@H](C)[C@@H](O)C1CCCCC1. The van der Waals surface area contributed by atoms with E-state index in [1.165, 1.54) is 32.1 Å². The van der Waals surface area contributed by atoms with Gasteiger partial charge in [0.25, 0.3) is 0 Å². The van der Waals surface area contributed by atoms with Crippen molar-refractivity contribution in [3.8, 4) is 11.8 Å². The molecule has 0 aromatic heterocycles. The number of aliphatic hydroxyl groups is 1. The number of rotatable bonds is 2. The van der Waals surface area contributed by atoms with Gasteiger partial charge in [-0.15, -0.1) is 5.92 Å². The Bertz CT molecular complexity index is 193. The van der Waals surface area contributed by atoms with Gasteiger partial charge >= 0.3 is 0 Å². The van der Waals surface area contributed by atoms with Crippen molar-refractivity contribution in [1.29, 1.82) is 0 Å². The Morgan fingerprint density at radius 1 is 1.23 bits per heavy atom. The average molecular weight is 180 g/mol. The van der Waals surface area contributed by atoms with Crippen LogP contribution >= 0.6 is 0 Å². The maximum Gasteiger partial charge on any atom is 0.0703 e. The van der Waals surface area contributed by atoms with Crippen molar-refractivity contribution >= 4 is 0 Å². The highest BCUT2D eigenvalue weighted by Crippen LogP contribution is 2.29. The molecule has 0 spiro atoms. The van der Waals surface area contributed by atoms with Crippen LogP contribution in [-0.4, -0.2) is 11.2 Å². The number of aliphatic hydroxyl groups excluding tert-OH is 1. The standard InChI is InChI=1S/C12H20O/c1-3-7-10(2)12(13)11-8-5-4-6-9-11/h10-13H,4-6,8-9H2,1-2H3/t10-,12+/m0/s1. The molecule has 1 N–H and O–H groups in total. The molecule has 0 aromatic rings. The first-order valence-corrected chi connectivity index (χ1v) is 5.36. The van der Waals surface area contributed by atoms with E-state index in [0.717, 1.165) is 0 Å². The Balaban J connectivity index is 2.43. The molecule has 0 aliphatic heterocycles. The van der Waals surface area contributed by atoms with Crippen LogP contribution in [0.2, 0.25) is 0 Å². The van der Waals surface area contributed by atoms with Gasteiger partial charge in [0.2, 0.25) is 0 Å². The predicted octanol–water partition coefficient (Wildman–Crippen LogP) is 2.59. The quantitative estimate of drug-likeness (QED) is 0.648. The highest BCUT2D eigenvalue weighted by molar-refractivity contribution is 5.02. The van der Waals surface area contributed by atoms with Gasteiger partial charge in [-0.3, -0.25) is 0 Å². The second kappa shape index (κ2) is 5.29. The molecular weight excluding hydrogens is 160 g/mol. The Hall–Kier alpha value is -0.480. The summed E-state index contributed by atoms with van der Waals surface area (Å²) in [6, 6.07) is 0. The van der Waals surface area contributed by atoms with E-state index in [-0.39, 0.29) is 12.0 Å². The fourth-order valence-electron chi connectivity index (χ4n) is 2.20. The summed E-state index contributed by atoms with van der Waals surface area (Å²) in [5, 5.41) is 9.97. The van der Waals surface area contributed by atoms with Crippen LogP contribution in [0.1, 0.15) is 46.0 Å². The zero-order chi connectivity index (χ0) is 9.68. The summed E-state index contributed by atoms with van der Waals surface area (Å²) < 4.78 is 0. The van der Waals surface area contributed by atoms with E-state index in [4.69, 9.17) is 0 Å². The molecule has 1 fully saturated rings. The van der Waals surface area contributed by atoms with Crippen LogP contribution in [0.15, 0.2) is 0 Å². The van der Waals surface area contributed by atoms with Gasteiger partial charge in [0, 0.05) is 5.92 Å². The summed E-state index contributed by atoms with van der Waals surface area (Å²) in [6.45, 7) is 3.86. The van der Waals surface area contributed by atoms with E-state index < -0.39 is 0 Å². The third-order valence-electron chi connectivity index (χ3n) is 3.02. The van der Waals surface area contributed by atoms with E-state index in [9.17, 15) is 5.11 Å². The van der Waals surface area contributed by atoms with Crippen LogP contribution < -0.4 is 0 Å². The molecule has 0 heterocycles. The van der Waals surface area contributed by atoms with Crippen molar-refractivity contribution in [3.05, 3.63) is 0 Å². The Morgan fingerprint density at radius 2 is 1.85 bits per heavy atom. The maximum atomic E-state index is 9.97. The summed E-state index contributed by atoms with van der Waals surface area (Å²) in [7, 11) is 0. The molecule has 0 bridgehead atoms. The Labute approximate surface area is 81.5 Å². The molecule has 0 saturated heterocycles. The summed E-state index contributed by atoms with van der Waals surface area (Å²) in [5.74, 6) is 6.57. The molecule has 0 unspecified atom stereocenters. The Kier molecular flexibility index (Phi) is 4.32. The normalized spacial score (nSPS) is 23.0. The van der Waals surface area contributed by atoms with Gasteiger partial charge in [0.05, 0.1) is 6.10 Å². The van der Waals surface area contributed by atoms with Crippen molar-refractivity contribution in [2.75, 3.05) is 0 Å². The summed E-state index contributed by atoms with van der Waals surface area (Å²) >= 11 is 0. The lowest BCUT2D eigenvalue weighted by Gasteiger charge is -2.28. The van der Waals surface area contributed by atoms with Gasteiger partial charge in [-0.05, 0) is 32.6 Å². The van der Waals surface area contributed by atoms with E-state index in [1.54, 1.807) is 0 Å². The second-order valence-electron chi connectivity index (χ2n) is 4.07. The fraction of sp³-hybridized carbons (Fsp3) is 0.833. The molecule has 1 heteroatoms. The summed E-state index contributed by atoms with van der Waals surface area (Å²) in [4.78, 5) is 0. The van der Waals surface area contributed by atoms with Gasteiger partial charge in [-0.2, -0.15) is 0 Å². The van der Waals surface area contributed by atoms with Crippen LogP contribution in [0.3, 0.4) is 0 Å². The highest BCUT2D eigenvalue weighted by Gasteiger charge is 2.24. The molecule has 1 rings (SSSR count). The molecule has 13 heavy (non-hydrogen) atoms. The number of hydrogen-bond donors (Lipinski definition) is 1. The lowest BCUT2D eigenvalue weighted by atomic mass is 9.81. The molecule has 0 radical (unpaired) electrons. The van der Waals surface area contributed by atoms with Gasteiger partial charge in [0.1, 0.15) is 0 Å². The van der Waals surface area contributed by atoms with E-state index in [2.05, 4.69) is 11.8 Å². The minimum atomic E-state index is -0.201. The molecule has 1 saturated carbocycles. The van der Waals surface area contributed by atoms with Crippen molar-refractivity contribution in [2.45, 2.75) is 52.1 Å². The van der Waals surface area contributed by atoms with Gasteiger partial charge < -0.3 is 5.11 Å². The van der Waals surface area contributed by atoms with E-state index >= 15 is 0 Å². The highest BCUT2D eigenvalue weighted by atomic mass is 16.3. The van der Waals surface area contributed by atoms with Crippen LogP contribution in [0.25, 0.3) is 0 Å². The van der Waals surface area contributed by atoms with Crippen LogP contribution in [-0.2, 0) is 0 Å². The smallest absolute Gasteiger partial charge is 0.0703 e. The molecule has 1 aliphatic carbocycles. The first kappa shape index (κ1) is 10.6. The van der Waals surface area contributed by atoms with Crippen molar-refractivity contribution in [3.63, 3.8) is 0 Å². The van der Waals surface area contributed by atoms with E-state index in [1.807, 2.05) is 13.8 Å². The Morgan fingerprint density at radius 3 is 2.38 bits per heavy atom. The molecule has 2 atom stereocenters. The first-order valence-electron chi connectivity index (χ1n) is 5.36. The van der Waals surface area contributed by atoms with Crippen molar-refractivity contribution in [2.24, 2.45) is 11.8 Å². The van der Waals surface area contributed by atoms with Crippen molar-refractivity contribution in [1.82, 2.24) is 0 Å². The molecule has 1 nitrogen and oxygen atoms in total. The van der Waals surface area contributed by atoms with Crippen LogP contribution in [0, 0.1) is 23.7 Å². The summed E-state index contributed by atoms with van der Waals surface area (Å²) in [6.07, 6.45) is 6.10. The van der Waals surface area contributed by atoms with Crippen LogP contribution in [0.5, 0.6) is 0 Å². The lowest BCUT2D eigenvalue weighted by Crippen LogP contribution is -2.28. The van der Waals surface area contributed by atoms with E-state index in [0.29, 0.717) is 5.92 Å². The van der Waals surface area contributed by atoms with Crippen LogP contribution in [0.4, 0.5) is 0 Å². The molecule has 1 aliphatic rings. The summed E-state index contributed by atoms with van der Waals surface area (Å²) in [5.41, 5.74) is 0. The predicted molar refractivity (Wildman–Crippen MR) is 55.2 cm³/mol. The minimum absolute atomic E-state index is 0.146. The first-order chi connectivity index (χ1) is 6.25. The zero-order valence-corrected chi connectivity index (χ0v) is 8.71. The fourth-order valence-corrected chi connectivity index (χ4v) is 2.20. The largest absolute Gasteiger partial charge is 0.392 e. The number of hydrogen-bond acceptors (Lipinski definition) is 1. The second-order valence-corrected chi connectivity index (χ2v) is 4.07. The monoisotopic (exact) mass is 180 g/mol. The topological polar surface area (TPSA) is 20.2 Å². The minimum Gasteiger partial charge on any atom is -0.392 e. The zero-order valence-electron chi connectivity index (χ0n) is 8.71.